The highest BCUT2D eigenvalue weighted by atomic mass is 32.3. The van der Waals surface area contributed by atoms with Crippen LogP contribution in [-0.2, 0) is 20.2 Å². The molecule has 112 valence electrons. The summed E-state index contributed by atoms with van der Waals surface area (Å²) >= 11 is 0. The number of hydrogen-bond donors (Lipinski definition) is 1. The number of benzene rings is 1. The van der Waals surface area contributed by atoms with Crippen LogP contribution >= 0.6 is 0 Å². The Hall–Kier alpha value is -0.990. The van der Waals surface area contributed by atoms with E-state index in [-0.39, 0.29) is 10.9 Å². The summed E-state index contributed by atoms with van der Waals surface area (Å²) < 4.78 is 61.4. The maximum absolute atomic E-state index is 12.9. The zero-order valence-electron chi connectivity index (χ0n) is 10.9. The van der Waals surface area contributed by atoms with Gasteiger partial charge in [0.1, 0.15) is 0 Å². The fourth-order valence-corrected chi connectivity index (χ4v) is 4.31. The van der Waals surface area contributed by atoms with Gasteiger partial charge < -0.3 is 0 Å². The fourth-order valence-electron chi connectivity index (χ4n) is 2.39. The van der Waals surface area contributed by atoms with Crippen LogP contribution in [0, 0.1) is 5.92 Å². The predicted octanol–water partition coefficient (Wildman–Crippen LogP) is 1.81. The number of hydrogen-bond acceptors (Lipinski definition) is 4. The largest absolute Gasteiger partial charge is 0.332 e. The highest BCUT2D eigenvalue weighted by molar-refractivity contribution is 7.89. The maximum Gasteiger partial charge on any atom is 0.332 e. The van der Waals surface area contributed by atoms with Gasteiger partial charge in [0, 0.05) is 6.04 Å². The number of halogens is 1. The van der Waals surface area contributed by atoms with Gasteiger partial charge in [0.25, 0.3) is 0 Å². The maximum atomic E-state index is 12.9. The molecule has 1 N–H and O–H groups in total. The molecule has 0 amide bonds. The van der Waals surface area contributed by atoms with Crippen LogP contribution < -0.4 is 4.72 Å². The van der Waals surface area contributed by atoms with E-state index in [4.69, 9.17) is 0 Å². The number of rotatable bonds is 4. The Morgan fingerprint density at radius 2 is 1.80 bits per heavy atom. The molecule has 0 aromatic heterocycles. The Kier molecular flexibility index (Phi) is 4.17. The first-order chi connectivity index (χ1) is 9.18. The number of nitrogens with one attached hydrogen (secondary N) is 1. The molecule has 20 heavy (non-hydrogen) atoms. The first kappa shape index (κ1) is 15.4. The molecule has 2 unspecified atom stereocenters. The van der Waals surface area contributed by atoms with E-state index in [0.717, 1.165) is 31.4 Å². The van der Waals surface area contributed by atoms with Gasteiger partial charge >= 0.3 is 10.2 Å². The lowest BCUT2D eigenvalue weighted by molar-refractivity contribution is 0.538. The number of sulfonamides is 1. The summed E-state index contributed by atoms with van der Waals surface area (Å²) in [6.45, 7) is 2.05. The van der Waals surface area contributed by atoms with Crippen LogP contribution in [0.5, 0.6) is 0 Å². The lowest BCUT2D eigenvalue weighted by Crippen LogP contribution is -2.33. The van der Waals surface area contributed by atoms with Crippen LogP contribution in [0.25, 0.3) is 0 Å². The molecule has 2 atom stereocenters. The zero-order chi connectivity index (χ0) is 15.0. The van der Waals surface area contributed by atoms with E-state index in [1.807, 2.05) is 6.92 Å². The van der Waals surface area contributed by atoms with Crippen molar-refractivity contribution in [2.75, 3.05) is 0 Å². The van der Waals surface area contributed by atoms with Gasteiger partial charge in [-0.1, -0.05) is 13.0 Å². The Bertz CT molecular complexity index is 700. The van der Waals surface area contributed by atoms with Crippen molar-refractivity contribution >= 4 is 20.2 Å². The second-order valence-electron chi connectivity index (χ2n) is 5.15. The summed E-state index contributed by atoms with van der Waals surface area (Å²) in [5, 5.41) is 0. The Morgan fingerprint density at radius 3 is 2.35 bits per heavy atom. The van der Waals surface area contributed by atoms with E-state index < -0.39 is 25.1 Å². The fraction of sp³-hybridized carbons (Fsp3) is 0.500. The minimum absolute atomic E-state index is 0.152. The molecule has 1 aliphatic carbocycles. The summed E-state index contributed by atoms with van der Waals surface area (Å²) in [4.78, 5) is -0.893. The molecule has 1 fully saturated rings. The van der Waals surface area contributed by atoms with Crippen LogP contribution in [0.3, 0.4) is 0 Å². The Balaban J connectivity index is 2.26. The van der Waals surface area contributed by atoms with Crippen molar-refractivity contribution < 1.29 is 20.7 Å². The third-order valence-electron chi connectivity index (χ3n) is 3.41. The van der Waals surface area contributed by atoms with Gasteiger partial charge in [-0.05, 0) is 43.4 Å². The van der Waals surface area contributed by atoms with Crippen molar-refractivity contribution in [3.8, 4) is 0 Å². The van der Waals surface area contributed by atoms with Gasteiger partial charge in [0.05, 0.1) is 9.79 Å². The second-order valence-corrected chi connectivity index (χ2v) is 8.21. The van der Waals surface area contributed by atoms with E-state index in [2.05, 4.69) is 4.72 Å². The first-order valence-corrected chi connectivity index (χ1v) is 9.12. The minimum Gasteiger partial charge on any atom is -0.208 e. The summed E-state index contributed by atoms with van der Waals surface area (Å²) in [6.07, 6.45) is 2.45. The standard InChI is InChI=1S/C12H16FNO4S2/c1-9-5-6-10(7-9)14-20(17,18)12-4-2-3-11(8-12)19(13,15)16/h2-4,8-10,14H,5-7H2,1H3. The molecule has 0 saturated heterocycles. The van der Waals surface area contributed by atoms with Crippen molar-refractivity contribution in [2.24, 2.45) is 5.92 Å². The van der Waals surface area contributed by atoms with Gasteiger partial charge in [-0.2, -0.15) is 8.42 Å². The van der Waals surface area contributed by atoms with Crippen LogP contribution in [0.4, 0.5) is 3.89 Å². The van der Waals surface area contributed by atoms with Crippen molar-refractivity contribution in [1.29, 1.82) is 0 Å². The smallest absolute Gasteiger partial charge is 0.208 e. The molecular weight excluding hydrogens is 305 g/mol. The topological polar surface area (TPSA) is 80.3 Å². The molecule has 0 spiro atoms. The molecule has 1 aromatic carbocycles. The van der Waals surface area contributed by atoms with Gasteiger partial charge in [-0.3, -0.25) is 0 Å². The summed E-state index contributed by atoms with van der Waals surface area (Å²) in [5.74, 6) is 0.459. The first-order valence-electron chi connectivity index (χ1n) is 6.25. The third kappa shape index (κ3) is 3.56. The average Bonchev–Trinajstić information content (AvgIpc) is 2.73. The molecule has 0 heterocycles. The molecule has 2 rings (SSSR count). The minimum atomic E-state index is -4.91. The quantitative estimate of drug-likeness (QED) is 0.858. The van der Waals surface area contributed by atoms with Gasteiger partial charge in [-0.25, -0.2) is 13.1 Å². The summed E-state index contributed by atoms with van der Waals surface area (Å²) in [5.41, 5.74) is 0. The van der Waals surface area contributed by atoms with Crippen molar-refractivity contribution in [2.45, 2.75) is 42.0 Å². The molecule has 0 bridgehead atoms. The van der Waals surface area contributed by atoms with Crippen LogP contribution in [0.1, 0.15) is 26.2 Å². The van der Waals surface area contributed by atoms with Crippen LogP contribution in [0.15, 0.2) is 34.1 Å². The van der Waals surface area contributed by atoms with Crippen molar-refractivity contribution in [1.82, 2.24) is 4.72 Å². The molecule has 0 aliphatic heterocycles. The van der Waals surface area contributed by atoms with E-state index in [1.165, 1.54) is 12.1 Å². The average molecular weight is 321 g/mol. The predicted molar refractivity (Wildman–Crippen MR) is 71.9 cm³/mol. The van der Waals surface area contributed by atoms with Crippen LogP contribution in [-0.4, -0.2) is 22.9 Å². The highest BCUT2D eigenvalue weighted by Gasteiger charge is 2.27. The third-order valence-corrected chi connectivity index (χ3v) is 5.75. The van der Waals surface area contributed by atoms with Gasteiger partial charge in [0.15, 0.2) is 0 Å². The molecule has 1 aliphatic rings. The monoisotopic (exact) mass is 321 g/mol. The van der Waals surface area contributed by atoms with Gasteiger partial charge in [0.2, 0.25) is 10.0 Å². The second kappa shape index (κ2) is 5.42. The molecule has 8 heteroatoms. The SMILES string of the molecule is CC1CCC(NS(=O)(=O)c2cccc(S(=O)(=O)F)c2)C1. The highest BCUT2D eigenvalue weighted by Crippen LogP contribution is 2.26. The van der Waals surface area contributed by atoms with E-state index in [1.54, 1.807) is 0 Å². The summed E-state index contributed by atoms with van der Waals surface area (Å²) in [6, 6.07) is 4.15. The molecule has 0 radical (unpaired) electrons. The normalized spacial score (nSPS) is 23.9. The van der Waals surface area contributed by atoms with Crippen molar-refractivity contribution in [3.63, 3.8) is 0 Å². The van der Waals surface area contributed by atoms with E-state index in [0.29, 0.717) is 5.92 Å². The van der Waals surface area contributed by atoms with Crippen LogP contribution in [0.2, 0.25) is 0 Å². The molecule has 1 aromatic rings. The summed E-state index contributed by atoms with van der Waals surface area (Å²) in [7, 11) is -8.74. The van der Waals surface area contributed by atoms with Crippen molar-refractivity contribution in [3.05, 3.63) is 24.3 Å². The van der Waals surface area contributed by atoms with E-state index >= 15 is 0 Å². The Morgan fingerprint density at radius 1 is 1.15 bits per heavy atom. The molecular formula is C12H16FNO4S2. The zero-order valence-corrected chi connectivity index (χ0v) is 12.5. The van der Waals surface area contributed by atoms with Gasteiger partial charge in [-0.15, -0.1) is 3.89 Å². The Labute approximate surface area is 118 Å². The molecule has 5 nitrogen and oxygen atoms in total. The molecule has 1 saturated carbocycles. The van der Waals surface area contributed by atoms with E-state index in [9.17, 15) is 20.7 Å². The lowest BCUT2D eigenvalue weighted by atomic mass is 10.1. The lowest BCUT2D eigenvalue weighted by Gasteiger charge is -2.13.